The normalized spacial score (nSPS) is 12.9. The zero-order valence-electron chi connectivity index (χ0n) is 12.6. The smallest absolute Gasteiger partial charge is 0.138 e. The van der Waals surface area contributed by atoms with Gasteiger partial charge in [0.25, 0.3) is 0 Å². The van der Waals surface area contributed by atoms with Crippen molar-refractivity contribution in [3.63, 3.8) is 0 Å². The van der Waals surface area contributed by atoms with Crippen molar-refractivity contribution in [3.05, 3.63) is 47.0 Å². The first-order valence-electron chi connectivity index (χ1n) is 6.94. The molecule has 5 nitrogen and oxygen atoms in total. The molecule has 5 heteroatoms. The van der Waals surface area contributed by atoms with E-state index in [1.807, 2.05) is 4.68 Å². The molecule has 0 saturated heterocycles. The third-order valence-electron chi connectivity index (χ3n) is 3.37. The van der Waals surface area contributed by atoms with Crippen molar-refractivity contribution in [2.45, 2.75) is 46.2 Å². The number of nitrogens with one attached hydrogen (secondary N) is 1. The summed E-state index contributed by atoms with van der Waals surface area (Å²) in [5.41, 5.74) is 6.56. The van der Waals surface area contributed by atoms with Gasteiger partial charge < -0.3 is 0 Å². The van der Waals surface area contributed by atoms with Gasteiger partial charge >= 0.3 is 0 Å². The SMILES string of the molecule is Cc1cc(C)cc(C(Cc2ncnn2C(C)C)NN)c1. The standard InChI is InChI=1S/C15H23N5/c1-10(2)20-15(17-9-18-20)8-14(19-16)13-6-11(3)5-12(4)7-13/h5-7,9-10,14,19H,8,16H2,1-4H3. The van der Waals surface area contributed by atoms with Crippen LogP contribution in [0.4, 0.5) is 0 Å². The molecule has 0 fully saturated rings. The van der Waals surface area contributed by atoms with E-state index in [-0.39, 0.29) is 6.04 Å². The number of rotatable bonds is 5. The summed E-state index contributed by atoms with van der Waals surface area (Å²) in [6.07, 6.45) is 2.32. The van der Waals surface area contributed by atoms with Crippen molar-refractivity contribution >= 4 is 0 Å². The highest BCUT2D eigenvalue weighted by Gasteiger charge is 2.16. The molecule has 0 spiro atoms. The van der Waals surface area contributed by atoms with Crippen molar-refractivity contribution < 1.29 is 0 Å². The van der Waals surface area contributed by atoms with Gasteiger partial charge in [-0.15, -0.1) is 0 Å². The second-order valence-corrected chi connectivity index (χ2v) is 5.56. The molecule has 108 valence electrons. The van der Waals surface area contributed by atoms with Gasteiger partial charge in [0.1, 0.15) is 12.2 Å². The molecule has 0 amide bonds. The quantitative estimate of drug-likeness (QED) is 0.647. The minimum Gasteiger partial charge on any atom is -0.271 e. The molecular weight excluding hydrogens is 250 g/mol. The van der Waals surface area contributed by atoms with Crippen LogP contribution in [0.1, 0.15) is 48.4 Å². The van der Waals surface area contributed by atoms with Crippen LogP contribution in [-0.4, -0.2) is 14.8 Å². The minimum atomic E-state index is 0.0373. The molecule has 20 heavy (non-hydrogen) atoms. The highest BCUT2D eigenvalue weighted by Crippen LogP contribution is 2.20. The Bertz CT molecular complexity index is 553. The van der Waals surface area contributed by atoms with Gasteiger partial charge in [0.15, 0.2) is 0 Å². The summed E-state index contributed by atoms with van der Waals surface area (Å²) in [7, 11) is 0. The zero-order chi connectivity index (χ0) is 14.7. The van der Waals surface area contributed by atoms with Crippen molar-refractivity contribution in [2.24, 2.45) is 5.84 Å². The second kappa shape index (κ2) is 6.15. The van der Waals surface area contributed by atoms with Gasteiger partial charge in [-0.05, 0) is 33.3 Å². The van der Waals surface area contributed by atoms with Crippen LogP contribution in [0.3, 0.4) is 0 Å². The van der Waals surface area contributed by atoms with Crippen molar-refractivity contribution in [3.8, 4) is 0 Å². The van der Waals surface area contributed by atoms with E-state index in [9.17, 15) is 0 Å². The van der Waals surface area contributed by atoms with E-state index in [1.165, 1.54) is 16.7 Å². The first-order chi connectivity index (χ1) is 9.51. The van der Waals surface area contributed by atoms with E-state index >= 15 is 0 Å². The van der Waals surface area contributed by atoms with Gasteiger partial charge in [-0.1, -0.05) is 29.3 Å². The summed E-state index contributed by atoms with van der Waals surface area (Å²) in [4.78, 5) is 4.35. The Morgan fingerprint density at radius 2 is 1.85 bits per heavy atom. The molecule has 1 heterocycles. The van der Waals surface area contributed by atoms with Gasteiger partial charge in [-0.3, -0.25) is 11.3 Å². The second-order valence-electron chi connectivity index (χ2n) is 5.56. The van der Waals surface area contributed by atoms with Crippen LogP contribution in [0.2, 0.25) is 0 Å². The van der Waals surface area contributed by atoms with Gasteiger partial charge in [-0.2, -0.15) is 5.10 Å². The molecule has 3 N–H and O–H groups in total. The zero-order valence-corrected chi connectivity index (χ0v) is 12.6. The average molecular weight is 273 g/mol. The summed E-state index contributed by atoms with van der Waals surface area (Å²) < 4.78 is 1.94. The molecular formula is C15H23N5. The summed E-state index contributed by atoms with van der Waals surface area (Å²) in [6.45, 7) is 8.39. The Balaban J connectivity index is 2.26. The van der Waals surface area contributed by atoms with E-state index in [2.05, 4.69) is 61.4 Å². The Labute approximate surface area is 120 Å². The van der Waals surface area contributed by atoms with Gasteiger partial charge in [-0.25, -0.2) is 9.67 Å². The van der Waals surface area contributed by atoms with Crippen LogP contribution in [-0.2, 0) is 6.42 Å². The maximum absolute atomic E-state index is 5.74. The molecule has 0 aliphatic carbocycles. The predicted molar refractivity (Wildman–Crippen MR) is 80.1 cm³/mol. The number of aromatic nitrogens is 3. The molecule has 2 aromatic rings. The van der Waals surface area contributed by atoms with Crippen molar-refractivity contribution in [1.82, 2.24) is 20.2 Å². The average Bonchev–Trinajstić information content (AvgIpc) is 2.82. The van der Waals surface area contributed by atoms with Crippen LogP contribution in [0, 0.1) is 13.8 Å². The van der Waals surface area contributed by atoms with Gasteiger partial charge in [0.05, 0.1) is 6.04 Å². The van der Waals surface area contributed by atoms with Crippen LogP contribution in [0.25, 0.3) is 0 Å². The number of hydrazine groups is 1. The molecule has 0 radical (unpaired) electrons. The predicted octanol–water partition coefficient (Wildman–Crippen LogP) is 2.22. The van der Waals surface area contributed by atoms with Crippen molar-refractivity contribution in [1.29, 1.82) is 0 Å². The topological polar surface area (TPSA) is 68.8 Å². The van der Waals surface area contributed by atoms with E-state index in [4.69, 9.17) is 5.84 Å². The molecule has 2 rings (SSSR count). The lowest BCUT2D eigenvalue weighted by atomic mass is 9.99. The molecule has 1 unspecified atom stereocenters. The van der Waals surface area contributed by atoms with Crippen LogP contribution < -0.4 is 11.3 Å². The largest absolute Gasteiger partial charge is 0.271 e. The van der Waals surface area contributed by atoms with Gasteiger partial charge in [0.2, 0.25) is 0 Å². The number of benzene rings is 1. The number of nitrogens with two attached hydrogens (primary N) is 1. The fraction of sp³-hybridized carbons (Fsp3) is 0.467. The summed E-state index contributed by atoms with van der Waals surface area (Å²) in [6, 6.07) is 6.81. The third kappa shape index (κ3) is 3.23. The molecule has 0 bridgehead atoms. The van der Waals surface area contributed by atoms with E-state index in [0.29, 0.717) is 6.04 Å². The van der Waals surface area contributed by atoms with E-state index in [1.54, 1.807) is 6.33 Å². The van der Waals surface area contributed by atoms with Gasteiger partial charge in [0, 0.05) is 12.5 Å². The molecule has 0 aliphatic rings. The lowest BCUT2D eigenvalue weighted by Crippen LogP contribution is -2.30. The monoisotopic (exact) mass is 273 g/mol. The molecule has 0 aliphatic heterocycles. The maximum atomic E-state index is 5.74. The van der Waals surface area contributed by atoms with Crippen LogP contribution in [0.15, 0.2) is 24.5 Å². The number of hydrogen-bond donors (Lipinski definition) is 2. The summed E-state index contributed by atoms with van der Waals surface area (Å²) in [5.74, 6) is 6.69. The molecule has 1 aromatic heterocycles. The third-order valence-corrected chi connectivity index (χ3v) is 3.37. The Hall–Kier alpha value is -1.72. The first kappa shape index (κ1) is 14.7. The van der Waals surface area contributed by atoms with E-state index < -0.39 is 0 Å². The highest BCUT2D eigenvalue weighted by atomic mass is 15.3. The number of aryl methyl sites for hydroxylation is 2. The lowest BCUT2D eigenvalue weighted by Gasteiger charge is -2.18. The van der Waals surface area contributed by atoms with Crippen LogP contribution >= 0.6 is 0 Å². The van der Waals surface area contributed by atoms with Crippen LogP contribution in [0.5, 0.6) is 0 Å². The summed E-state index contributed by atoms with van der Waals surface area (Å²) in [5, 5.41) is 4.27. The minimum absolute atomic E-state index is 0.0373. The molecule has 1 atom stereocenters. The lowest BCUT2D eigenvalue weighted by molar-refractivity contribution is 0.468. The molecule has 0 saturated carbocycles. The fourth-order valence-electron chi connectivity index (χ4n) is 2.52. The Morgan fingerprint density at radius 1 is 1.20 bits per heavy atom. The summed E-state index contributed by atoms with van der Waals surface area (Å²) >= 11 is 0. The van der Waals surface area contributed by atoms with E-state index in [0.717, 1.165) is 12.2 Å². The fourth-order valence-corrected chi connectivity index (χ4v) is 2.52. The van der Waals surface area contributed by atoms with Crippen molar-refractivity contribution in [2.75, 3.05) is 0 Å². The Kier molecular flexibility index (Phi) is 4.52. The Morgan fingerprint density at radius 3 is 2.40 bits per heavy atom. The maximum Gasteiger partial charge on any atom is 0.138 e. The molecule has 1 aromatic carbocycles. The number of hydrogen-bond acceptors (Lipinski definition) is 4. The highest BCUT2D eigenvalue weighted by molar-refractivity contribution is 5.31. The first-order valence-corrected chi connectivity index (χ1v) is 6.94. The number of nitrogens with zero attached hydrogens (tertiary/aromatic N) is 3.